The van der Waals surface area contributed by atoms with Crippen molar-refractivity contribution < 1.29 is 27.5 Å². The Labute approximate surface area is 186 Å². The normalized spacial score (nSPS) is 11.6. The third-order valence-electron chi connectivity index (χ3n) is 4.20. The minimum Gasteiger partial charge on any atom is -0.454 e. The van der Waals surface area contributed by atoms with E-state index in [1.165, 1.54) is 12.1 Å². The lowest BCUT2D eigenvalue weighted by Crippen LogP contribution is -2.26. The summed E-state index contributed by atoms with van der Waals surface area (Å²) in [4.78, 5) is 37.4. The van der Waals surface area contributed by atoms with Crippen LogP contribution in [0.15, 0.2) is 58.3 Å². The predicted molar refractivity (Wildman–Crippen MR) is 120 cm³/mol. The standard InChI is InChI=1S/C22H25NO6S2/c1-22(2,3)19(24)13-29-21(26)15-9-5-7-11-17(15)30-14-20(25)23-16-10-6-8-12-18(16)31(4,27)28/h5-12H,13-14H2,1-4H3,(H,23,25). The van der Waals surface area contributed by atoms with E-state index in [4.69, 9.17) is 4.74 Å². The van der Waals surface area contributed by atoms with Gasteiger partial charge in [0.05, 0.1) is 21.9 Å². The van der Waals surface area contributed by atoms with E-state index in [0.29, 0.717) is 4.90 Å². The minimum absolute atomic E-state index is 0.0286. The molecule has 166 valence electrons. The van der Waals surface area contributed by atoms with Crippen LogP contribution in [0.5, 0.6) is 0 Å². The zero-order chi connectivity index (χ0) is 23.2. The van der Waals surface area contributed by atoms with Gasteiger partial charge in [-0.15, -0.1) is 11.8 Å². The van der Waals surface area contributed by atoms with Crippen LogP contribution in [-0.4, -0.2) is 44.7 Å². The Morgan fingerprint density at radius 2 is 1.61 bits per heavy atom. The summed E-state index contributed by atoms with van der Waals surface area (Å²) in [6.07, 6.45) is 1.07. The van der Waals surface area contributed by atoms with Gasteiger partial charge in [0.15, 0.2) is 22.2 Å². The van der Waals surface area contributed by atoms with E-state index in [1.807, 2.05) is 0 Å². The van der Waals surface area contributed by atoms with Crippen LogP contribution in [0.3, 0.4) is 0 Å². The fourth-order valence-electron chi connectivity index (χ4n) is 2.41. The molecule has 0 aliphatic heterocycles. The largest absolute Gasteiger partial charge is 0.454 e. The van der Waals surface area contributed by atoms with E-state index in [0.717, 1.165) is 18.0 Å². The molecular formula is C22H25NO6S2. The summed E-state index contributed by atoms with van der Waals surface area (Å²) >= 11 is 1.11. The van der Waals surface area contributed by atoms with Gasteiger partial charge in [0, 0.05) is 16.6 Å². The van der Waals surface area contributed by atoms with E-state index in [9.17, 15) is 22.8 Å². The van der Waals surface area contributed by atoms with Crippen LogP contribution in [-0.2, 0) is 24.2 Å². The number of para-hydroxylation sites is 1. The molecule has 0 fully saturated rings. The number of carbonyl (C=O) groups is 3. The van der Waals surface area contributed by atoms with Gasteiger partial charge in [-0.2, -0.15) is 0 Å². The molecule has 0 aromatic heterocycles. The summed E-state index contributed by atoms with van der Waals surface area (Å²) in [5, 5.41) is 2.59. The summed E-state index contributed by atoms with van der Waals surface area (Å²) in [7, 11) is -3.50. The maximum Gasteiger partial charge on any atom is 0.339 e. The fourth-order valence-corrected chi connectivity index (χ4v) is 4.09. The van der Waals surface area contributed by atoms with Gasteiger partial charge in [-0.25, -0.2) is 13.2 Å². The number of thioether (sulfide) groups is 1. The highest BCUT2D eigenvalue weighted by molar-refractivity contribution is 8.00. The third-order valence-corrected chi connectivity index (χ3v) is 6.43. The zero-order valence-electron chi connectivity index (χ0n) is 17.8. The number of Topliss-reactive ketones (excluding diaryl/α,β-unsaturated/α-hetero) is 1. The summed E-state index contributed by atoms with van der Waals surface area (Å²) in [5.41, 5.74) is -0.169. The first kappa shape index (κ1) is 24.6. The number of anilines is 1. The fraction of sp³-hybridized carbons (Fsp3) is 0.318. The summed E-state index contributed by atoms with van der Waals surface area (Å²) in [6, 6.07) is 12.7. The highest BCUT2D eigenvalue weighted by atomic mass is 32.2. The van der Waals surface area contributed by atoms with Gasteiger partial charge >= 0.3 is 5.97 Å². The van der Waals surface area contributed by atoms with Crippen LogP contribution in [0.2, 0.25) is 0 Å². The van der Waals surface area contributed by atoms with Crippen LogP contribution < -0.4 is 5.32 Å². The second-order valence-electron chi connectivity index (χ2n) is 7.85. The molecule has 1 N–H and O–H groups in total. The highest BCUT2D eigenvalue weighted by Crippen LogP contribution is 2.25. The molecule has 0 radical (unpaired) electrons. The van der Waals surface area contributed by atoms with E-state index < -0.39 is 27.1 Å². The van der Waals surface area contributed by atoms with Crippen LogP contribution in [0.4, 0.5) is 5.69 Å². The van der Waals surface area contributed by atoms with Crippen molar-refractivity contribution in [2.24, 2.45) is 5.41 Å². The number of carbonyl (C=O) groups excluding carboxylic acids is 3. The minimum atomic E-state index is -3.50. The molecule has 0 saturated heterocycles. The van der Waals surface area contributed by atoms with Crippen molar-refractivity contribution in [3.63, 3.8) is 0 Å². The van der Waals surface area contributed by atoms with E-state index in [-0.39, 0.29) is 34.3 Å². The molecule has 9 heteroatoms. The average Bonchev–Trinajstić information content (AvgIpc) is 2.69. The van der Waals surface area contributed by atoms with Crippen LogP contribution in [0, 0.1) is 5.41 Å². The smallest absolute Gasteiger partial charge is 0.339 e. The van der Waals surface area contributed by atoms with Gasteiger partial charge < -0.3 is 10.1 Å². The van der Waals surface area contributed by atoms with Gasteiger partial charge in [0.1, 0.15) is 0 Å². The van der Waals surface area contributed by atoms with E-state index in [2.05, 4.69) is 5.32 Å². The molecule has 0 saturated carbocycles. The van der Waals surface area contributed by atoms with Crippen molar-refractivity contribution in [2.75, 3.05) is 23.9 Å². The second-order valence-corrected chi connectivity index (χ2v) is 10.9. The van der Waals surface area contributed by atoms with Gasteiger partial charge in [-0.05, 0) is 24.3 Å². The lowest BCUT2D eigenvalue weighted by Gasteiger charge is -2.16. The van der Waals surface area contributed by atoms with Crippen molar-refractivity contribution in [2.45, 2.75) is 30.6 Å². The second kappa shape index (κ2) is 10.1. The van der Waals surface area contributed by atoms with Gasteiger partial charge in [-0.1, -0.05) is 45.0 Å². The molecule has 7 nitrogen and oxygen atoms in total. The Morgan fingerprint density at radius 3 is 2.26 bits per heavy atom. The molecule has 2 aromatic carbocycles. The van der Waals surface area contributed by atoms with Gasteiger partial charge in [0.25, 0.3) is 0 Å². The summed E-state index contributed by atoms with van der Waals surface area (Å²) in [6.45, 7) is 4.90. The monoisotopic (exact) mass is 463 g/mol. The first-order chi connectivity index (χ1) is 14.4. The third kappa shape index (κ3) is 7.22. The van der Waals surface area contributed by atoms with Crippen molar-refractivity contribution in [1.82, 2.24) is 0 Å². The maximum absolute atomic E-state index is 12.4. The summed E-state index contributed by atoms with van der Waals surface area (Å²) < 4.78 is 28.9. The Balaban J connectivity index is 2.05. The van der Waals surface area contributed by atoms with Crippen LogP contribution in [0.25, 0.3) is 0 Å². The first-order valence-electron chi connectivity index (χ1n) is 9.41. The maximum atomic E-state index is 12.4. The quantitative estimate of drug-likeness (QED) is 0.471. The van der Waals surface area contributed by atoms with Gasteiger partial charge in [0.2, 0.25) is 5.91 Å². The molecule has 0 aliphatic carbocycles. The van der Waals surface area contributed by atoms with E-state index in [1.54, 1.807) is 57.2 Å². The number of nitrogens with one attached hydrogen (secondary N) is 1. The number of amides is 1. The van der Waals surface area contributed by atoms with Crippen LogP contribution in [0.1, 0.15) is 31.1 Å². The Morgan fingerprint density at radius 1 is 1.00 bits per heavy atom. The molecule has 31 heavy (non-hydrogen) atoms. The van der Waals surface area contributed by atoms with Crippen molar-refractivity contribution >= 4 is 44.9 Å². The van der Waals surface area contributed by atoms with E-state index >= 15 is 0 Å². The number of esters is 1. The molecule has 0 bridgehead atoms. The van der Waals surface area contributed by atoms with Crippen molar-refractivity contribution in [1.29, 1.82) is 0 Å². The summed E-state index contributed by atoms with van der Waals surface area (Å²) in [5.74, 6) is -1.32. The number of benzene rings is 2. The number of rotatable bonds is 8. The molecule has 1 amide bonds. The molecule has 0 unspecified atom stereocenters. The molecule has 0 spiro atoms. The number of hydrogen-bond acceptors (Lipinski definition) is 7. The Bertz CT molecular complexity index is 1090. The topological polar surface area (TPSA) is 107 Å². The highest BCUT2D eigenvalue weighted by Gasteiger charge is 2.23. The average molecular weight is 464 g/mol. The molecule has 0 heterocycles. The van der Waals surface area contributed by atoms with Crippen molar-refractivity contribution in [3.8, 4) is 0 Å². The predicted octanol–water partition coefficient (Wildman–Crippen LogP) is 3.59. The number of hydrogen-bond donors (Lipinski definition) is 1. The number of ether oxygens (including phenoxy) is 1. The molecule has 0 atom stereocenters. The van der Waals surface area contributed by atoms with Crippen LogP contribution >= 0.6 is 11.8 Å². The molecular weight excluding hydrogens is 438 g/mol. The Kier molecular flexibility index (Phi) is 8.02. The molecule has 0 aliphatic rings. The van der Waals surface area contributed by atoms with Crippen molar-refractivity contribution in [3.05, 3.63) is 54.1 Å². The lowest BCUT2D eigenvalue weighted by molar-refractivity contribution is -0.129. The molecule has 2 rings (SSSR count). The van der Waals surface area contributed by atoms with Gasteiger partial charge in [-0.3, -0.25) is 9.59 Å². The lowest BCUT2D eigenvalue weighted by atomic mass is 9.91. The Hall–Kier alpha value is -2.65. The molecule has 2 aromatic rings. The first-order valence-corrected chi connectivity index (χ1v) is 12.3. The number of ketones is 1. The number of sulfone groups is 1. The SMILES string of the molecule is CC(C)(C)C(=O)COC(=O)c1ccccc1SCC(=O)Nc1ccccc1S(C)(=O)=O. The zero-order valence-corrected chi connectivity index (χ0v) is 19.4.